The molecule has 10 nitrogen and oxygen atoms in total. The first kappa shape index (κ1) is 30.2. The molecule has 0 atom stereocenters. The van der Waals surface area contributed by atoms with Crippen LogP contribution in [0.1, 0.15) is 48.6 Å². The van der Waals surface area contributed by atoms with E-state index in [1.165, 1.54) is 0 Å². The normalized spacial score (nSPS) is 11.3. The number of aromatic amines is 1. The molecular weight excluding hydrogens is 538 g/mol. The van der Waals surface area contributed by atoms with Gasteiger partial charge < -0.3 is 24.1 Å². The van der Waals surface area contributed by atoms with E-state index in [2.05, 4.69) is 37.1 Å². The zero-order chi connectivity index (χ0) is 30.4. The van der Waals surface area contributed by atoms with Crippen LogP contribution in [0.2, 0.25) is 0 Å². The van der Waals surface area contributed by atoms with Crippen LogP contribution in [0.25, 0.3) is 11.1 Å². The van der Waals surface area contributed by atoms with Gasteiger partial charge in [-0.2, -0.15) is 0 Å². The van der Waals surface area contributed by atoms with E-state index in [4.69, 9.17) is 18.7 Å². The van der Waals surface area contributed by atoms with Gasteiger partial charge in [-0.3, -0.25) is 0 Å². The van der Waals surface area contributed by atoms with Gasteiger partial charge in [0.1, 0.15) is 30.3 Å². The summed E-state index contributed by atoms with van der Waals surface area (Å²) in [4.78, 5) is 36.7. The van der Waals surface area contributed by atoms with E-state index >= 15 is 0 Å². The van der Waals surface area contributed by atoms with Gasteiger partial charge in [0.05, 0.1) is 13.1 Å². The van der Waals surface area contributed by atoms with Crippen molar-refractivity contribution in [2.75, 3.05) is 13.2 Å². The first-order chi connectivity index (χ1) is 19.9. The summed E-state index contributed by atoms with van der Waals surface area (Å²) in [6, 6.07) is 17.5. The van der Waals surface area contributed by atoms with Crippen molar-refractivity contribution < 1.29 is 23.5 Å². The average molecular weight is 576 g/mol. The molecule has 0 aliphatic heterocycles. The lowest BCUT2D eigenvalue weighted by atomic mass is 9.90. The van der Waals surface area contributed by atoms with Crippen molar-refractivity contribution in [3.05, 3.63) is 103 Å². The summed E-state index contributed by atoms with van der Waals surface area (Å²) in [7, 11) is 0. The minimum Gasteiger partial charge on any atom is -0.492 e. The van der Waals surface area contributed by atoms with Crippen LogP contribution in [0, 0.1) is 20.8 Å². The number of carbonyl (C=O) groups is 1. The summed E-state index contributed by atoms with van der Waals surface area (Å²) in [6.07, 6.45) is -0.466. The molecular formula is C32H37N3O7. The van der Waals surface area contributed by atoms with Gasteiger partial charge in [0.2, 0.25) is 0 Å². The number of benzene rings is 3. The molecule has 222 valence electrons. The van der Waals surface area contributed by atoms with Gasteiger partial charge >= 0.3 is 17.5 Å². The molecule has 10 heteroatoms. The molecule has 1 aromatic heterocycles. The van der Waals surface area contributed by atoms with Crippen LogP contribution in [0.4, 0.5) is 4.79 Å². The molecule has 0 aliphatic rings. The van der Waals surface area contributed by atoms with Crippen LogP contribution in [-0.2, 0) is 17.9 Å². The third kappa shape index (κ3) is 7.93. The molecule has 0 unspecified atom stereocenters. The minimum atomic E-state index is -0.781. The number of ether oxygens (including phenoxy) is 3. The summed E-state index contributed by atoms with van der Waals surface area (Å²) >= 11 is 0. The van der Waals surface area contributed by atoms with E-state index in [-0.39, 0.29) is 6.54 Å². The molecule has 0 bridgehead atoms. The molecule has 0 aliphatic carbocycles. The Kier molecular flexibility index (Phi) is 9.25. The number of H-pyrrole nitrogens is 1. The van der Waals surface area contributed by atoms with Gasteiger partial charge in [-0.1, -0.05) is 30.3 Å². The highest BCUT2D eigenvalue weighted by Crippen LogP contribution is 2.34. The summed E-state index contributed by atoms with van der Waals surface area (Å²) in [5.41, 5.74) is 6.28. The van der Waals surface area contributed by atoms with Gasteiger partial charge in [0.25, 0.3) is 0 Å². The molecule has 0 spiro atoms. The van der Waals surface area contributed by atoms with Crippen LogP contribution >= 0.6 is 0 Å². The number of amides is 1. The summed E-state index contributed by atoms with van der Waals surface area (Å²) in [5.74, 6) is 0.641. The van der Waals surface area contributed by atoms with Crippen molar-refractivity contribution >= 4 is 6.09 Å². The van der Waals surface area contributed by atoms with Gasteiger partial charge in [0, 0.05) is 0 Å². The number of nitrogens with one attached hydrogen (secondary N) is 2. The fourth-order valence-corrected chi connectivity index (χ4v) is 4.61. The predicted octanol–water partition coefficient (Wildman–Crippen LogP) is 5.25. The zero-order valence-electron chi connectivity index (χ0n) is 24.8. The smallest absolute Gasteiger partial charge is 0.440 e. The van der Waals surface area contributed by atoms with Crippen molar-refractivity contribution in [1.82, 2.24) is 15.0 Å². The Hall–Kier alpha value is -4.73. The van der Waals surface area contributed by atoms with Gasteiger partial charge in [0.15, 0.2) is 0 Å². The fraction of sp³-hybridized carbons (Fsp3) is 0.344. The molecule has 42 heavy (non-hydrogen) atoms. The number of hydrogen-bond donors (Lipinski definition) is 2. The van der Waals surface area contributed by atoms with Crippen LogP contribution in [0.3, 0.4) is 0 Å². The SMILES string of the molecule is Cc1cc(OCCNC(=O)OC(C)(C)C)cc(C)c1-c1cccc(COc2ccc(Cn3oc(=O)[nH]c3=O)cc2)c1C. The molecule has 0 fully saturated rings. The summed E-state index contributed by atoms with van der Waals surface area (Å²) in [6.45, 7) is 12.9. The molecule has 1 amide bonds. The molecule has 0 saturated carbocycles. The Balaban J connectivity index is 1.38. The lowest BCUT2D eigenvalue weighted by Crippen LogP contribution is -2.34. The number of aryl methyl sites for hydroxylation is 2. The van der Waals surface area contributed by atoms with Crippen LogP contribution in [-0.4, -0.2) is 34.6 Å². The second-order valence-electron chi connectivity index (χ2n) is 11.1. The van der Waals surface area contributed by atoms with E-state index < -0.39 is 23.1 Å². The van der Waals surface area contributed by atoms with E-state index in [1.807, 2.05) is 69.3 Å². The number of alkyl carbamates (subject to hydrolysis) is 1. The first-order valence-corrected chi connectivity index (χ1v) is 13.7. The molecule has 0 radical (unpaired) electrons. The Labute approximate surface area is 244 Å². The molecule has 4 aromatic rings. The Bertz CT molecular complexity index is 1630. The zero-order valence-corrected chi connectivity index (χ0v) is 24.8. The van der Waals surface area contributed by atoms with Crippen molar-refractivity contribution in [2.45, 2.75) is 60.3 Å². The minimum absolute atomic E-state index is 0.143. The topological polar surface area (TPSA) is 125 Å². The van der Waals surface area contributed by atoms with E-state index in [0.717, 1.165) is 49.4 Å². The average Bonchev–Trinajstić information content (AvgIpc) is 3.22. The van der Waals surface area contributed by atoms with E-state index in [0.29, 0.717) is 25.5 Å². The molecule has 0 saturated heterocycles. The lowest BCUT2D eigenvalue weighted by Gasteiger charge is -2.20. The Morgan fingerprint density at radius 2 is 1.64 bits per heavy atom. The summed E-state index contributed by atoms with van der Waals surface area (Å²) in [5, 5.41) is 2.70. The third-order valence-electron chi connectivity index (χ3n) is 6.53. The number of nitrogens with zero attached hydrogens (tertiary/aromatic N) is 1. The molecule has 3 aromatic carbocycles. The van der Waals surface area contributed by atoms with Crippen LogP contribution < -0.4 is 26.2 Å². The third-order valence-corrected chi connectivity index (χ3v) is 6.53. The highest BCUT2D eigenvalue weighted by Gasteiger charge is 2.16. The lowest BCUT2D eigenvalue weighted by molar-refractivity contribution is 0.0520. The van der Waals surface area contributed by atoms with Gasteiger partial charge in [-0.25, -0.2) is 19.4 Å². The maximum absolute atomic E-state index is 11.8. The number of rotatable bonds is 10. The second kappa shape index (κ2) is 12.8. The highest BCUT2D eigenvalue weighted by molar-refractivity contribution is 5.75. The van der Waals surface area contributed by atoms with E-state index in [9.17, 15) is 14.4 Å². The van der Waals surface area contributed by atoms with Crippen LogP contribution in [0.5, 0.6) is 11.5 Å². The Morgan fingerprint density at radius 1 is 0.952 bits per heavy atom. The van der Waals surface area contributed by atoms with Crippen molar-refractivity contribution in [2.24, 2.45) is 0 Å². The maximum atomic E-state index is 11.8. The standard InChI is InChI=1S/C32H37N3O7/c1-20-16-26(39-15-14-33-30(37)41-32(4,5)6)17-21(2)28(20)27-9-7-8-24(22(27)3)19-40-25-12-10-23(11-13-25)18-35-29(36)34-31(38)42-35/h7-13,16-17H,14-15,18-19H2,1-6H3,(H,33,37)(H,34,36,38). The molecule has 1 heterocycles. The van der Waals surface area contributed by atoms with Gasteiger partial charge in [-0.05, 0) is 105 Å². The largest absolute Gasteiger partial charge is 0.492 e. The highest BCUT2D eigenvalue weighted by atomic mass is 16.6. The maximum Gasteiger partial charge on any atom is 0.440 e. The second-order valence-corrected chi connectivity index (χ2v) is 11.1. The fourth-order valence-electron chi connectivity index (χ4n) is 4.61. The number of carbonyl (C=O) groups excluding carboxylic acids is 1. The molecule has 4 rings (SSSR count). The first-order valence-electron chi connectivity index (χ1n) is 13.7. The quantitative estimate of drug-likeness (QED) is 0.247. The van der Waals surface area contributed by atoms with Gasteiger partial charge in [-0.15, -0.1) is 4.74 Å². The molecule has 2 N–H and O–H groups in total. The van der Waals surface area contributed by atoms with E-state index in [1.54, 1.807) is 0 Å². The summed E-state index contributed by atoms with van der Waals surface area (Å²) < 4.78 is 23.0. The number of aromatic nitrogens is 2. The number of hydrogen-bond acceptors (Lipinski definition) is 7. The van der Waals surface area contributed by atoms with Crippen molar-refractivity contribution in [3.63, 3.8) is 0 Å². The monoisotopic (exact) mass is 575 g/mol. The van der Waals surface area contributed by atoms with Crippen molar-refractivity contribution in [1.29, 1.82) is 0 Å². The van der Waals surface area contributed by atoms with Crippen LogP contribution in [0.15, 0.2) is 68.7 Å². The predicted molar refractivity (Wildman–Crippen MR) is 159 cm³/mol. The Morgan fingerprint density at radius 3 is 2.26 bits per heavy atom. The van der Waals surface area contributed by atoms with Crippen molar-refractivity contribution in [3.8, 4) is 22.6 Å².